The molecule has 1 unspecified atom stereocenters. The Hall–Kier alpha value is -2.98. The topological polar surface area (TPSA) is 41.5 Å². The van der Waals surface area contributed by atoms with Gasteiger partial charge in [0.15, 0.2) is 0 Å². The van der Waals surface area contributed by atoms with E-state index in [0.29, 0.717) is 28.8 Å². The van der Waals surface area contributed by atoms with E-state index >= 15 is 0 Å². The highest BCUT2D eigenvalue weighted by molar-refractivity contribution is 6.32. The smallest absolute Gasteiger partial charge is 0.249 e. The molecule has 0 saturated heterocycles. The van der Waals surface area contributed by atoms with Crippen molar-refractivity contribution in [1.82, 2.24) is 0 Å². The first-order valence-electron chi connectivity index (χ1n) is 9.94. The Morgan fingerprint density at radius 1 is 1.03 bits per heavy atom. The van der Waals surface area contributed by atoms with E-state index in [2.05, 4.69) is 31.3 Å². The largest absolute Gasteiger partial charge is 0.324 e. The molecular formula is C25H22ClFN2O. The third-order valence-corrected chi connectivity index (χ3v) is 5.51. The van der Waals surface area contributed by atoms with E-state index < -0.39 is 6.04 Å². The predicted molar refractivity (Wildman–Crippen MR) is 120 cm³/mol. The Labute approximate surface area is 180 Å². The molecule has 1 amide bonds. The number of carbonyl (C=O) groups excluding carboxylic acids is 1. The molecule has 1 aliphatic heterocycles. The molecule has 0 fully saturated rings. The zero-order chi connectivity index (χ0) is 21.3. The van der Waals surface area contributed by atoms with E-state index in [1.54, 1.807) is 30.3 Å². The lowest BCUT2D eigenvalue weighted by atomic mass is 9.98. The molecule has 1 aliphatic rings. The molecule has 0 aromatic heterocycles. The number of fused-ring (bicyclic) bond motifs is 1. The first-order chi connectivity index (χ1) is 14.4. The van der Waals surface area contributed by atoms with Gasteiger partial charge in [-0.15, -0.1) is 0 Å². The van der Waals surface area contributed by atoms with Gasteiger partial charge in [-0.1, -0.05) is 49.7 Å². The fourth-order valence-corrected chi connectivity index (χ4v) is 3.73. The fourth-order valence-electron chi connectivity index (χ4n) is 3.56. The molecule has 1 N–H and O–H groups in total. The van der Waals surface area contributed by atoms with Crippen LogP contribution in [-0.2, 0) is 11.2 Å². The number of amides is 1. The minimum absolute atomic E-state index is 0.177. The van der Waals surface area contributed by atoms with E-state index in [0.717, 1.165) is 16.7 Å². The zero-order valence-electron chi connectivity index (χ0n) is 16.8. The van der Waals surface area contributed by atoms with Gasteiger partial charge < -0.3 is 5.32 Å². The Kier molecular flexibility index (Phi) is 5.69. The summed E-state index contributed by atoms with van der Waals surface area (Å²) in [5.41, 5.74) is 5.00. The molecule has 0 radical (unpaired) electrons. The Bertz CT molecular complexity index is 1100. The van der Waals surface area contributed by atoms with Crippen LogP contribution in [0.1, 0.15) is 42.0 Å². The average Bonchev–Trinajstić information content (AvgIpc) is 2.86. The molecule has 3 aromatic carbocycles. The van der Waals surface area contributed by atoms with Crippen LogP contribution >= 0.6 is 11.6 Å². The maximum Gasteiger partial charge on any atom is 0.249 e. The van der Waals surface area contributed by atoms with Crippen molar-refractivity contribution in [1.29, 1.82) is 0 Å². The van der Waals surface area contributed by atoms with Gasteiger partial charge in [0.2, 0.25) is 5.91 Å². The monoisotopic (exact) mass is 420 g/mol. The van der Waals surface area contributed by atoms with Crippen molar-refractivity contribution >= 4 is 28.9 Å². The standard InChI is InChI=1S/C25H22ClFN2O/c1-15(2)17-5-3-16(4-6-17)13-23-25(30)29-22-12-9-19(26)14-21(22)24(28-23)18-7-10-20(27)11-8-18/h3-12,14-15,23H,13H2,1-2H3,(H,29,30). The van der Waals surface area contributed by atoms with Crippen molar-refractivity contribution in [3.8, 4) is 0 Å². The molecule has 3 nitrogen and oxygen atoms in total. The Balaban J connectivity index is 1.75. The maximum absolute atomic E-state index is 13.5. The van der Waals surface area contributed by atoms with Crippen LogP contribution in [0.25, 0.3) is 0 Å². The van der Waals surface area contributed by atoms with Crippen molar-refractivity contribution in [2.24, 2.45) is 4.99 Å². The van der Waals surface area contributed by atoms with Gasteiger partial charge in [0.25, 0.3) is 0 Å². The van der Waals surface area contributed by atoms with Crippen molar-refractivity contribution in [2.75, 3.05) is 5.32 Å². The number of benzene rings is 3. The van der Waals surface area contributed by atoms with Crippen LogP contribution in [-0.4, -0.2) is 17.7 Å². The number of halogens is 2. The van der Waals surface area contributed by atoms with Crippen LogP contribution in [0.4, 0.5) is 10.1 Å². The van der Waals surface area contributed by atoms with E-state index in [1.807, 2.05) is 12.1 Å². The first kappa shape index (κ1) is 20.3. The normalized spacial score (nSPS) is 16.0. The fraction of sp³-hybridized carbons (Fsp3) is 0.200. The Morgan fingerprint density at radius 3 is 2.40 bits per heavy atom. The summed E-state index contributed by atoms with van der Waals surface area (Å²) in [5.74, 6) is -0.0542. The number of aliphatic imine (C=N–C) groups is 1. The van der Waals surface area contributed by atoms with Gasteiger partial charge in [-0.05, 0) is 59.5 Å². The van der Waals surface area contributed by atoms with Crippen LogP contribution in [0.3, 0.4) is 0 Å². The minimum atomic E-state index is -0.610. The maximum atomic E-state index is 13.5. The third kappa shape index (κ3) is 4.29. The molecule has 1 atom stereocenters. The average molecular weight is 421 g/mol. The van der Waals surface area contributed by atoms with E-state index in [-0.39, 0.29) is 11.7 Å². The highest BCUT2D eigenvalue weighted by Gasteiger charge is 2.26. The quantitative estimate of drug-likeness (QED) is 0.552. The summed E-state index contributed by atoms with van der Waals surface area (Å²) in [4.78, 5) is 17.8. The first-order valence-corrected chi connectivity index (χ1v) is 10.3. The number of rotatable bonds is 4. The number of hydrogen-bond acceptors (Lipinski definition) is 2. The third-order valence-electron chi connectivity index (χ3n) is 5.28. The highest BCUT2D eigenvalue weighted by Crippen LogP contribution is 2.28. The SMILES string of the molecule is CC(C)c1ccc(CC2N=C(c3ccc(F)cc3)c3cc(Cl)ccc3NC2=O)cc1. The lowest BCUT2D eigenvalue weighted by molar-refractivity contribution is -0.117. The van der Waals surface area contributed by atoms with Crippen molar-refractivity contribution < 1.29 is 9.18 Å². The number of benzodiazepines with no additional fused rings is 1. The molecule has 1 heterocycles. The summed E-state index contributed by atoms with van der Waals surface area (Å²) in [7, 11) is 0. The summed E-state index contributed by atoms with van der Waals surface area (Å²) in [5, 5.41) is 3.52. The molecule has 0 bridgehead atoms. The van der Waals surface area contributed by atoms with Gasteiger partial charge in [0.05, 0.1) is 11.4 Å². The molecule has 30 heavy (non-hydrogen) atoms. The predicted octanol–water partition coefficient (Wildman–Crippen LogP) is 6.00. The Morgan fingerprint density at radius 2 is 1.73 bits per heavy atom. The molecule has 0 saturated carbocycles. The van der Waals surface area contributed by atoms with Gasteiger partial charge in [-0.3, -0.25) is 9.79 Å². The van der Waals surface area contributed by atoms with E-state index in [4.69, 9.17) is 16.6 Å². The molecule has 0 spiro atoms. The highest BCUT2D eigenvalue weighted by atomic mass is 35.5. The molecular weight excluding hydrogens is 399 g/mol. The van der Waals surface area contributed by atoms with Crippen molar-refractivity contribution in [3.63, 3.8) is 0 Å². The van der Waals surface area contributed by atoms with Crippen molar-refractivity contribution in [3.05, 3.63) is 99.8 Å². The van der Waals surface area contributed by atoms with Crippen LogP contribution in [0.5, 0.6) is 0 Å². The second kappa shape index (κ2) is 8.41. The summed E-state index contributed by atoms with van der Waals surface area (Å²) in [6, 6.07) is 19.1. The summed E-state index contributed by atoms with van der Waals surface area (Å²) >= 11 is 6.22. The number of anilines is 1. The molecule has 4 rings (SSSR count). The number of nitrogens with one attached hydrogen (secondary N) is 1. The molecule has 3 aromatic rings. The van der Waals surface area contributed by atoms with Crippen LogP contribution in [0.15, 0.2) is 71.7 Å². The molecule has 0 aliphatic carbocycles. The number of carbonyl (C=O) groups is 1. The zero-order valence-corrected chi connectivity index (χ0v) is 17.6. The van der Waals surface area contributed by atoms with E-state index in [9.17, 15) is 9.18 Å². The van der Waals surface area contributed by atoms with Gasteiger partial charge in [0.1, 0.15) is 11.9 Å². The van der Waals surface area contributed by atoms with Gasteiger partial charge >= 0.3 is 0 Å². The molecule has 5 heteroatoms. The number of nitrogens with zero attached hydrogens (tertiary/aromatic N) is 1. The summed E-state index contributed by atoms with van der Waals surface area (Å²) in [6.07, 6.45) is 0.469. The minimum Gasteiger partial charge on any atom is -0.324 e. The van der Waals surface area contributed by atoms with Crippen LogP contribution in [0.2, 0.25) is 5.02 Å². The second-order valence-corrected chi connectivity index (χ2v) is 8.22. The van der Waals surface area contributed by atoms with Gasteiger partial charge in [0, 0.05) is 22.6 Å². The van der Waals surface area contributed by atoms with Crippen LogP contribution in [0, 0.1) is 5.82 Å². The number of hydrogen-bond donors (Lipinski definition) is 1. The van der Waals surface area contributed by atoms with Gasteiger partial charge in [-0.25, -0.2) is 4.39 Å². The molecule has 152 valence electrons. The summed E-state index contributed by atoms with van der Waals surface area (Å²) < 4.78 is 13.5. The van der Waals surface area contributed by atoms with Gasteiger partial charge in [-0.2, -0.15) is 0 Å². The second-order valence-electron chi connectivity index (χ2n) is 7.78. The summed E-state index contributed by atoms with van der Waals surface area (Å²) in [6.45, 7) is 4.30. The lowest BCUT2D eigenvalue weighted by Gasteiger charge is -2.12. The van der Waals surface area contributed by atoms with Crippen molar-refractivity contribution in [2.45, 2.75) is 32.2 Å². The lowest BCUT2D eigenvalue weighted by Crippen LogP contribution is -2.27. The van der Waals surface area contributed by atoms with E-state index in [1.165, 1.54) is 17.7 Å². The van der Waals surface area contributed by atoms with Crippen LogP contribution < -0.4 is 5.32 Å².